The maximum absolute atomic E-state index is 10.1. The molecule has 0 amide bonds. The minimum absolute atomic E-state index is 0. The molecule has 0 aromatic heterocycles. The van der Waals surface area contributed by atoms with Crippen LogP contribution in [0.3, 0.4) is 0 Å². The molecule has 0 heterocycles. The van der Waals surface area contributed by atoms with Gasteiger partial charge in [-0.3, -0.25) is 0 Å². The molecule has 0 aromatic rings. The molecule has 15 nitrogen and oxygen atoms in total. The molecule has 0 spiro atoms. The molecule has 0 aliphatic rings. The third kappa shape index (κ3) is 43.8. The van der Waals surface area contributed by atoms with E-state index in [-0.39, 0.29) is 99.6 Å². The van der Waals surface area contributed by atoms with Crippen molar-refractivity contribution < 1.29 is 164 Å². The monoisotopic (exact) mass is 482 g/mol. The zero-order valence-corrected chi connectivity index (χ0v) is 22.8. The van der Waals surface area contributed by atoms with E-state index in [0.717, 1.165) is 6.08 Å². The van der Waals surface area contributed by atoms with E-state index in [2.05, 4.69) is 6.58 Å². The van der Waals surface area contributed by atoms with Crippen LogP contribution in [0.4, 0.5) is 0 Å². The fourth-order valence-electron chi connectivity index (χ4n) is 0.827. The first-order valence-electron chi connectivity index (χ1n) is 6.00. The Balaban J connectivity index is -0.0000000431. The predicted octanol–water partition coefficient (Wildman–Crippen LogP) is -15.9. The second kappa shape index (κ2) is 29.2. The summed E-state index contributed by atoms with van der Waals surface area (Å²) in [4.78, 5) is 58.4. The van der Waals surface area contributed by atoms with Crippen LogP contribution in [0, 0.1) is 0 Å². The van der Waals surface area contributed by atoms with Crippen molar-refractivity contribution in [2.24, 2.45) is 0 Å². The van der Waals surface area contributed by atoms with Crippen molar-refractivity contribution >= 4 is 35.8 Å². The molecule has 0 fully saturated rings. The van der Waals surface area contributed by atoms with Crippen LogP contribution in [0.2, 0.25) is 0 Å². The van der Waals surface area contributed by atoms with Gasteiger partial charge in [-0.25, -0.2) is 14.4 Å². The summed E-state index contributed by atoms with van der Waals surface area (Å²) in [5.74, 6) is -9.48. The van der Waals surface area contributed by atoms with Gasteiger partial charge in [0.1, 0.15) is 5.60 Å². The van der Waals surface area contributed by atoms with Crippen molar-refractivity contribution in [1.82, 2.24) is 0 Å². The second-order valence-corrected chi connectivity index (χ2v) is 3.97. The van der Waals surface area contributed by atoms with Gasteiger partial charge in [0.15, 0.2) is 0 Å². The van der Waals surface area contributed by atoms with Crippen LogP contribution < -0.4 is 104 Å². The topological polar surface area (TPSA) is 316 Å². The molecule has 0 saturated heterocycles. The summed E-state index contributed by atoms with van der Waals surface area (Å²) in [6, 6.07) is 0. The third-order valence-corrected chi connectivity index (χ3v) is 1.80. The molecule has 0 aliphatic carbocycles. The Morgan fingerprint density at radius 3 is 1.03 bits per heavy atom. The number of hydrogen-bond acceptors (Lipinski definition) is 10. The Morgan fingerprint density at radius 1 is 0.710 bits per heavy atom. The van der Waals surface area contributed by atoms with Crippen LogP contribution in [0.15, 0.2) is 24.8 Å². The van der Waals surface area contributed by atoms with Gasteiger partial charge in [-0.1, -0.05) is 6.58 Å². The minimum Gasteiger partial charge on any atom is -0.550 e. The molecule has 31 heavy (non-hydrogen) atoms. The molecule has 0 radical (unpaired) electrons. The van der Waals surface area contributed by atoms with Crippen LogP contribution in [0.5, 0.6) is 0 Å². The first-order chi connectivity index (χ1) is 11.7. The molecule has 18 heteroatoms. The average Bonchev–Trinajstić information content (AvgIpc) is 2.44. The molecule has 0 aliphatic heterocycles. The van der Waals surface area contributed by atoms with E-state index in [1.807, 2.05) is 0 Å². The third-order valence-electron chi connectivity index (χ3n) is 1.80. The van der Waals surface area contributed by atoms with E-state index in [0.29, 0.717) is 12.2 Å². The van der Waals surface area contributed by atoms with Gasteiger partial charge in [0.2, 0.25) is 0 Å². The van der Waals surface area contributed by atoms with Crippen molar-refractivity contribution in [3.05, 3.63) is 24.8 Å². The number of carbonyl (C=O) groups excluding carboxylic acids is 3. The zero-order chi connectivity index (χ0) is 21.5. The minimum atomic E-state index is -2.97. The van der Waals surface area contributed by atoms with E-state index in [1.54, 1.807) is 0 Å². The zero-order valence-electron chi connectivity index (χ0n) is 16.8. The van der Waals surface area contributed by atoms with Crippen LogP contribution in [0.1, 0.15) is 12.8 Å². The predicted molar refractivity (Wildman–Crippen MR) is 78.7 cm³/mol. The standard InChI is InChI=1S/C6H8O7.C4H4O4.C3H4O2.3Na.2H2O/c7-3(8)1-6(13,5(11)12)2-4(9)10;5-3(6)1-2-4(7)8;1-2-3(4)5;;;;;/h13H,1-2H2,(H,7,8)(H,9,10)(H,11,12);1-2H,(H,5,6)(H,7,8);2H,1H2,(H,4,5);;;;2*1H2/q;;;3*+1;;/p-3/b;2-1-;;;;;;. The molecular formula is C13H17Na3O15. The van der Waals surface area contributed by atoms with Gasteiger partial charge in [-0.2, -0.15) is 0 Å². The normalized spacial score (nSPS) is 8.03. The van der Waals surface area contributed by atoms with Crippen molar-refractivity contribution in [2.45, 2.75) is 18.4 Å². The Labute approximate surface area is 240 Å². The number of hydrogen-bond donors (Lipinski definition) is 4. The van der Waals surface area contributed by atoms with Crippen LogP contribution in [0.25, 0.3) is 0 Å². The van der Waals surface area contributed by atoms with Gasteiger partial charge in [-0.05, 0) is 0 Å². The summed E-state index contributed by atoms with van der Waals surface area (Å²) in [5, 5.41) is 62.2. The van der Waals surface area contributed by atoms with Crippen molar-refractivity contribution in [3.63, 3.8) is 0 Å². The van der Waals surface area contributed by atoms with E-state index in [4.69, 9.17) is 20.4 Å². The molecule has 162 valence electrons. The number of aliphatic carboxylic acids is 6. The number of aliphatic hydroxyl groups is 1. The number of carbonyl (C=O) groups is 6. The van der Waals surface area contributed by atoms with E-state index in [9.17, 15) is 44.1 Å². The van der Waals surface area contributed by atoms with Gasteiger partial charge in [-0.15, -0.1) is 0 Å². The molecule has 0 atom stereocenters. The molecule has 0 saturated carbocycles. The maximum atomic E-state index is 10.1. The summed E-state index contributed by atoms with van der Waals surface area (Å²) >= 11 is 0. The Kier molecular flexibility index (Phi) is 49.2. The summed E-state index contributed by atoms with van der Waals surface area (Å²) in [6.45, 7) is 2.96. The van der Waals surface area contributed by atoms with E-state index < -0.39 is 54.3 Å². The largest absolute Gasteiger partial charge is 1.00 e. The summed E-state index contributed by atoms with van der Waals surface area (Å²) in [7, 11) is 0. The van der Waals surface area contributed by atoms with Gasteiger partial charge in [0.05, 0.1) is 5.97 Å². The van der Waals surface area contributed by atoms with Gasteiger partial charge >= 0.3 is 107 Å². The maximum Gasteiger partial charge on any atom is 1.00 e. The summed E-state index contributed by atoms with van der Waals surface area (Å²) in [5.41, 5.74) is -2.97. The fraction of sp³-hybridized carbons (Fsp3) is 0.231. The SMILES string of the molecule is C=CC(=O)O.O.O.O=C(O)/C=C\C(=O)O.O=C([O-])CC(O)(CC(=O)[O-])C(=O)[O-].[Na+].[Na+].[Na+]. The molecule has 8 N–H and O–H groups in total. The smallest absolute Gasteiger partial charge is 0.550 e. The molecule has 0 unspecified atom stereocenters. The van der Waals surface area contributed by atoms with Gasteiger partial charge < -0.3 is 61.1 Å². The van der Waals surface area contributed by atoms with Gasteiger partial charge in [0.25, 0.3) is 0 Å². The molecule has 0 rings (SSSR count). The second-order valence-electron chi connectivity index (χ2n) is 3.97. The number of rotatable bonds is 8. The van der Waals surface area contributed by atoms with Crippen molar-refractivity contribution in [2.75, 3.05) is 0 Å². The van der Waals surface area contributed by atoms with Crippen LogP contribution >= 0.6 is 0 Å². The molecular weight excluding hydrogens is 465 g/mol. The Bertz CT molecular complexity index is 571. The first kappa shape index (κ1) is 52.2. The number of carboxylic acids is 6. The summed E-state index contributed by atoms with van der Waals surface area (Å²) < 4.78 is 0. The van der Waals surface area contributed by atoms with Gasteiger partial charge in [0, 0.05) is 43.0 Å². The van der Waals surface area contributed by atoms with Crippen molar-refractivity contribution in [3.8, 4) is 0 Å². The Morgan fingerprint density at radius 2 is 0.935 bits per heavy atom. The van der Waals surface area contributed by atoms with E-state index in [1.165, 1.54) is 0 Å². The first-order valence-corrected chi connectivity index (χ1v) is 6.00. The average molecular weight is 482 g/mol. The summed E-state index contributed by atoms with van der Waals surface area (Å²) in [6.07, 6.45) is -0.767. The molecule has 0 aromatic carbocycles. The fourth-order valence-corrected chi connectivity index (χ4v) is 0.827. The molecule has 0 bridgehead atoms. The quantitative estimate of drug-likeness (QED) is 0.185. The number of carboxylic acid groups (broad SMARTS) is 6. The van der Waals surface area contributed by atoms with Crippen molar-refractivity contribution in [1.29, 1.82) is 0 Å². The van der Waals surface area contributed by atoms with Crippen LogP contribution in [-0.2, 0) is 28.8 Å². The van der Waals surface area contributed by atoms with Crippen LogP contribution in [-0.4, -0.2) is 72.8 Å². The Hall–Kier alpha value is -0.820. The van der Waals surface area contributed by atoms with E-state index >= 15 is 0 Å².